The fourth-order valence-electron chi connectivity index (χ4n) is 4.94. The first-order valence-corrected chi connectivity index (χ1v) is 13.9. The number of phenolic OH excluding ortho intramolecular Hbond substituents is 1. The van der Waals surface area contributed by atoms with E-state index in [4.69, 9.17) is 9.73 Å². The fraction of sp³-hybridized carbons (Fsp3) is 0.355. The summed E-state index contributed by atoms with van der Waals surface area (Å²) in [6, 6.07) is 9.77. The molecule has 1 amide bonds. The Morgan fingerprint density at radius 1 is 1.11 bits per heavy atom. The molecule has 3 aromatic rings. The average molecular weight is 517 g/mol. The number of nitrogens with one attached hydrogen (secondary N) is 1. The van der Waals surface area contributed by atoms with Gasteiger partial charge in [0.05, 0.1) is 12.2 Å². The molecule has 0 spiro atoms. The van der Waals surface area contributed by atoms with Gasteiger partial charge in [-0.15, -0.1) is 17.9 Å². The maximum Gasteiger partial charge on any atom is 0.259 e. The van der Waals surface area contributed by atoms with Crippen molar-refractivity contribution < 1.29 is 14.6 Å². The molecule has 194 valence electrons. The summed E-state index contributed by atoms with van der Waals surface area (Å²) < 4.78 is 5.65. The molecule has 1 aliphatic carbocycles. The van der Waals surface area contributed by atoms with Gasteiger partial charge >= 0.3 is 0 Å². The summed E-state index contributed by atoms with van der Waals surface area (Å²) in [5.41, 5.74) is 6.40. The standard InChI is InChI=1S/C31H36N2O3S/c1-5-11-23-17-22(18-26(29(23)34)36-6-2)19-32-31-28(25-12-9-7-8-10-13-27(25)37-31)30(35)33-24-15-20(3)14-21(4)16-24/h5,14-19,34H,1,6-13H2,2-4H3,(H,33,35). The molecular formula is C31H36N2O3S. The lowest BCUT2D eigenvalue weighted by Crippen LogP contribution is -2.14. The highest BCUT2D eigenvalue weighted by Crippen LogP contribution is 2.40. The number of hydrogen-bond donors (Lipinski definition) is 2. The summed E-state index contributed by atoms with van der Waals surface area (Å²) in [5.74, 6) is 0.448. The molecule has 2 aromatic carbocycles. The lowest BCUT2D eigenvalue weighted by molar-refractivity contribution is 0.102. The zero-order valence-electron chi connectivity index (χ0n) is 22.0. The van der Waals surface area contributed by atoms with Crippen LogP contribution < -0.4 is 10.1 Å². The van der Waals surface area contributed by atoms with Crippen molar-refractivity contribution in [1.29, 1.82) is 0 Å². The summed E-state index contributed by atoms with van der Waals surface area (Å²) in [7, 11) is 0. The molecule has 5 nitrogen and oxygen atoms in total. The topological polar surface area (TPSA) is 70.9 Å². The minimum atomic E-state index is -0.108. The number of allylic oxidation sites excluding steroid dienone is 1. The number of aryl methyl sites for hydroxylation is 3. The zero-order valence-corrected chi connectivity index (χ0v) is 22.8. The van der Waals surface area contributed by atoms with Crippen molar-refractivity contribution in [3.63, 3.8) is 0 Å². The van der Waals surface area contributed by atoms with Gasteiger partial charge in [0.2, 0.25) is 0 Å². The third kappa shape index (κ3) is 6.50. The molecule has 0 aliphatic heterocycles. The van der Waals surface area contributed by atoms with Crippen LogP contribution in [0, 0.1) is 13.8 Å². The van der Waals surface area contributed by atoms with Crippen LogP contribution in [0.4, 0.5) is 10.7 Å². The van der Waals surface area contributed by atoms with Gasteiger partial charge in [-0.2, -0.15) is 0 Å². The fourth-order valence-corrected chi connectivity index (χ4v) is 6.17. The number of anilines is 1. The Hall–Kier alpha value is -3.38. The molecule has 6 heteroatoms. The van der Waals surface area contributed by atoms with Crippen LogP contribution in [-0.4, -0.2) is 23.8 Å². The van der Waals surface area contributed by atoms with E-state index in [1.807, 2.05) is 39.0 Å². The highest BCUT2D eigenvalue weighted by atomic mass is 32.1. The van der Waals surface area contributed by atoms with Gasteiger partial charge in [0.25, 0.3) is 5.91 Å². The molecule has 37 heavy (non-hydrogen) atoms. The van der Waals surface area contributed by atoms with E-state index in [1.54, 1.807) is 29.7 Å². The Labute approximate surface area is 223 Å². The number of phenols is 1. The van der Waals surface area contributed by atoms with Gasteiger partial charge in [-0.25, -0.2) is 4.99 Å². The molecule has 1 aliphatic rings. The van der Waals surface area contributed by atoms with Crippen LogP contribution >= 0.6 is 11.3 Å². The van der Waals surface area contributed by atoms with Gasteiger partial charge in [-0.05, 0) is 99.4 Å². The number of benzene rings is 2. The smallest absolute Gasteiger partial charge is 0.259 e. The number of aliphatic imine (C=N–C) groups is 1. The Kier molecular flexibility index (Phi) is 8.82. The largest absolute Gasteiger partial charge is 0.504 e. The zero-order chi connectivity index (χ0) is 26.4. The molecule has 0 saturated carbocycles. The molecule has 1 heterocycles. The molecule has 0 atom stereocenters. The lowest BCUT2D eigenvalue weighted by Gasteiger charge is -2.12. The Morgan fingerprint density at radius 2 is 1.84 bits per heavy atom. The third-order valence-corrected chi connectivity index (χ3v) is 7.73. The molecule has 0 radical (unpaired) electrons. The molecule has 0 fully saturated rings. The molecule has 1 aromatic heterocycles. The minimum Gasteiger partial charge on any atom is -0.504 e. The molecule has 0 bridgehead atoms. The number of nitrogens with zero attached hydrogens (tertiary/aromatic N) is 1. The molecule has 2 N–H and O–H groups in total. The van der Waals surface area contributed by atoms with Crippen molar-refractivity contribution in [2.75, 3.05) is 11.9 Å². The average Bonchev–Trinajstić information content (AvgIpc) is 3.16. The monoisotopic (exact) mass is 516 g/mol. The summed E-state index contributed by atoms with van der Waals surface area (Å²) in [4.78, 5) is 19.8. The predicted molar refractivity (Wildman–Crippen MR) is 154 cm³/mol. The van der Waals surface area contributed by atoms with Crippen LogP contribution in [0.3, 0.4) is 0 Å². The van der Waals surface area contributed by atoms with Crippen molar-refractivity contribution in [2.24, 2.45) is 4.99 Å². The first-order valence-electron chi connectivity index (χ1n) is 13.1. The van der Waals surface area contributed by atoms with Gasteiger partial charge in [-0.1, -0.05) is 25.0 Å². The SMILES string of the molecule is C=CCc1cc(C=Nc2sc3c(c2C(=O)Nc2cc(C)cc(C)c2)CCCCCC3)cc(OCC)c1O. The first-order chi connectivity index (χ1) is 17.9. The number of carbonyl (C=O) groups excluding carboxylic acids is 1. The number of rotatable bonds is 8. The minimum absolute atomic E-state index is 0.108. The maximum atomic E-state index is 13.7. The van der Waals surface area contributed by atoms with Gasteiger partial charge in [0, 0.05) is 22.3 Å². The van der Waals surface area contributed by atoms with E-state index in [1.165, 1.54) is 17.7 Å². The normalized spacial score (nSPS) is 13.6. The number of ether oxygens (including phenoxy) is 1. The predicted octanol–water partition coefficient (Wildman–Crippen LogP) is 7.86. The second-order valence-corrected chi connectivity index (χ2v) is 10.7. The van der Waals surface area contributed by atoms with Crippen molar-refractivity contribution in [2.45, 2.75) is 65.7 Å². The Bertz CT molecular complexity index is 1300. The third-order valence-electron chi connectivity index (χ3n) is 6.53. The van der Waals surface area contributed by atoms with Crippen molar-refractivity contribution in [3.05, 3.63) is 81.2 Å². The Morgan fingerprint density at radius 3 is 2.54 bits per heavy atom. The molecule has 0 saturated heterocycles. The van der Waals surface area contributed by atoms with Crippen LogP contribution in [0.15, 0.2) is 48.0 Å². The maximum absolute atomic E-state index is 13.7. The van der Waals surface area contributed by atoms with Gasteiger partial charge in [0.1, 0.15) is 5.00 Å². The molecule has 4 rings (SSSR count). The second kappa shape index (κ2) is 12.2. The van der Waals surface area contributed by atoms with Gasteiger partial charge in [0.15, 0.2) is 11.5 Å². The van der Waals surface area contributed by atoms with E-state index in [-0.39, 0.29) is 11.7 Å². The number of aromatic hydroxyl groups is 1. The van der Waals surface area contributed by atoms with Crippen LogP contribution in [0.5, 0.6) is 11.5 Å². The number of amides is 1. The highest BCUT2D eigenvalue weighted by molar-refractivity contribution is 7.16. The molecular weight excluding hydrogens is 480 g/mol. The van der Waals surface area contributed by atoms with Crippen molar-refractivity contribution in [1.82, 2.24) is 0 Å². The van der Waals surface area contributed by atoms with E-state index >= 15 is 0 Å². The van der Waals surface area contributed by atoms with E-state index < -0.39 is 0 Å². The summed E-state index contributed by atoms with van der Waals surface area (Å²) >= 11 is 1.63. The van der Waals surface area contributed by atoms with Gasteiger partial charge < -0.3 is 15.2 Å². The lowest BCUT2D eigenvalue weighted by atomic mass is 9.96. The summed E-state index contributed by atoms with van der Waals surface area (Å²) in [6.07, 6.45) is 10.5. The number of hydrogen-bond acceptors (Lipinski definition) is 5. The van der Waals surface area contributed by atoms with Crippen LogP contribution in [0.25, 0.3) is 0 Å². The summed E-state index contributed by atoms with van der Waals surface area (Å²) in [5, 5.41) is 14.4. The van der Waals surface area contributed by atoms with E-state index in [2.05, 4.69) is 18.0 Å². The second-order valence-electron chi connectivity index (χ2n) is 9.64. The number of fused-ring (bicyclic) bond motifs is 1. The highest BCUT2D eigenvalue weighted by Gasteiger charge is 2.24. The van der Waals surface area contributed by atoms with Crippen molar-refractivity contribution >= 4 is 34.1 Å². The first kappa shape index (κ1) is 26.7. The number of carbonyl (C=O) groups is 1. The Balaban J connectivity index is 1.74. The van der Waals surface area contributed by atoms with E-state index in [0.29, 0.717) is 24.3 Å². The van der Waals surface area contributed by atoms with E-state index in [0.717, 1.165) is 64.2 Å². The molecule has 0 unspecified atom stereocenters. The van der Waals surface area contributed by atoms with Crippen LogP contribution in [0.1, 0.15) is 75.7 Å². The quantitative estimate of drug-likeness (QED) is 0.236. The van der Waals surface area contributed by atoms with E-state index in [9.17, 15) is 9.90 Å². The van der Waals surface area contributed by atoms with Gasteiger partial charge in [-0.3, -0.25) is 4.79 Å². The number of thiophene rings is 1. The van der Waals surface area contributed by atoms with Crippen LogP contribution in [0.2, 0.25) is 0 Å². The van der Waals surface area contributed by atoms with Crippen molar-refractivity contribution in [3.8, 4) is 11.5 Å². The summed E-state index contributed by atoms with van der Waals surface area (Å²) in [6.45, 7) is 10.2. The van der Waals surface area contributed by atoms with Crippen LogP contribution in [-0.2, 0) is 19.3 Å².